The first-order chi connectivity index (χ1) is 13.3. The number of carbonyl (C=O) groups is 2. The van der Waals surface area contributed by atoms with Crippen LogP contribution in [0.25, 0.3) is 0 Å². The Morgan fingerprint density at radius 2 is 1.61 bits per heavy atom. The summed E-state index contributed by atoms with van der Waals surface area (Å²) in [5, 5.41) is 3.50. The quantitative estimate of drug-likeness (QED) is 0.711. The molecule has 0 aromatic heterocycles. The average Bonchev–Trinajstić information content (AvgIpc) is 2.62. The van der Waals surface area contributed by atoms with Crippen LogP contribution in [0.5, 0.6) is 0 Å². The van der Waals surface area contributed by atoms with Gasteiger partial charge in [0.25, 0.3) is 0 Å². The number of rotatable bonds is 8. The van der Waals surface area contributed by atoms with Gasteiger partial charge in [0.2, 0.25) is 11.8 Å². The lowest BCUT2D eigenvalue weighted by atomic mass is 10.0. The summed E-state index contributed by atoms with van der Waals surface area (Å²) >= 11 is 5.98. The van der Waals surface area contributed by atoms with Gasteiger partial charge >= 0.3 is 0 Å². The van der Waals surface area contributed by atoms with Crippen molar-refractivity contribution in [2.45, 2.75) is 53.1 Å². The molecule has 0 radical (unpaired) electrons. The van der Waals surface area contributed by atoms with E-state index in [1.165, 1.54) is 0 Å². The minimum absolute atomic E-state index is 0.0574. The van der Waals surface area contributed by atoms with Gasteiger partial charge in [-0.3, -0.25) is 9.59 Å². The molecule has 150 valence electrons. The number of benzene rings is 2. The zero-order valence-corrected chi connectivity index (χ0v) is 17.8. The van der Waals surface area contributed by atoms with Gasteiger partial charge in [-0.1, -0.05) is 60.0 Å². The van der Waals surface area contributed by atoms with Crippen molar-refractivity contribution in [1.29, 1.82) is 0 Å². The van der Waals surface area contributed by atoms with Crippen molar-refractivity contribution in [3.8, 4) is 0 Å². The van der Waals surface area contributed by atoms with E-state index in [0.717, 1.165) is 22.3 Å². The molecule has 0 aliphatic rings. The Kier molecular flexibility index (Phi) is 8.06. The minimum Gasteiger partial charge on any atom is -0.355 e. The third-order valence-electron chi connectivity index (χ3n) is 4.64. The molecule has 1 N–H and O–H groups in total. The number of amides is 2. The van der Waals surface area contributed by atoms with Crippen LogP contribution in [0.3, 0.4) is 0 Å². The lowest BCUT2D eigenvalue weighted by Crippen LogP contribution is -2.49. The molecule has 2 rings (SSSR count). The SMILES string of the molecule is CCNC(=O)[C@@H](CC)N(Cc1ccc(Cl)cc1)C(=O)Cc1cc(C)cc(C)c1. The molecule has 0 unspecified atom stereocenters. The number of hydrogen-bond acceptors (Lipinski definition) is 2. The molecule has 0 saturated heterocycles. The summed E-state index contributed by atoms with van der Waals surface area (Å²) < 4.78 is 0. The van der Waals surface area contributed by atoms with E-state index in [0.29, 0.717) is 24.5 Å². The Morgan fingerprint density at radius 1 is 1.00 bits per heavy atom. The fourth-order valence-electron chi connectivity index (χ4n) is 3.45. The molecule has 5 heteroatoms. The van der Waals surface area contributed by atoms with Crippen LogP contribution in [-0.4, -0.2) is 29.3 Å². The van der Waals surface area contributed by atoms with Crippen LogP contribution < -0.4 is 5.32 Å². The molecule has 1 atom stereocenters. The fraction of sp³-hybridized carbons (Fsp3) is 0.391. The first-order valence-corrected chi connectivity index (χ1v) is 10.1. The number of nitrogens with one attached hydrogen (secondary N) is 1. The topological polar surface area (TPSA) is 49.4 Å². The Hall–Kier alpha value is -2.33. The van der Waals surface area contributed by atoms with E-state index in [4.69, 9.17) is 11.6 Å². The Bertz CT molecular complexity index is 798. The summed E-state index contributed by atoms with van der Waals surface area (Å²) in [5.74, 6) is -0.175. The van der Waals surface area contributed by atoms with Crippen molar-refractivity contribution in [3.63, 3.8) is 0 Å². The normalized spacial score (nSPS) is 11.8. The van der Waals surface area contributed by atoms with E-state index < -0.39 is 6.04 Å². The third-order valence-corrected chi connectivity index (χ3v) is 4.89. The number of aryl methyl sites for hydroxylation is 2. The maximum absolute atomic E-state index is 13.2. The Balaban J connectivity index is 2.30. The molecule has 2 aromatic carbocycles. The van der Waals surface area contributed by atoms with Crippen LogP contribution in [0.15, 0.2) is 42.5 Å². The van der Waals surface area contributed by atoms with E-state index in [-0.39, 0.29) is 18.2 Å². The highest BCUT2D eigenvalue weighted by Gasteiger charge is 2.28. The highest BCUT2D eigenvalue weighted by atomic mass is 35.5. The second kappa shape index (κ2) is 10.3. The van der Waals surface area contributed by atoms with Crippen LogP contribution >= 0.6 is 11.6 Å². The van der Waals surface area contributed by atoms with E-state index in [1.54, 1.807) is 17.0 Å². The molecule has 2 amide bonds. The van der Waals surface area contributed by atoms with Gasteiger partial charge in [-0.05, 0) is 50.5 Å². The second-order valence-electron chi connectivity index (χ2n) is 7.14. The number of nitrogens with zero attached hydrogens (tertiary/aromatic N) is 1. The van der Waals surface area contributed by atoms with Gasteiger partial charge in [0.05, 0.1) is 6.42 Å². The van der Waals surface area contributed by atoms with Gasteiger partial charge in [0.1, 0.15) is 6.04 Å². The number of carbonyl (C=O) groups excluding carboxylic acids is 2. The zero-order valence-electron chi connectivity index (χ0n) is 17.1. The minimum atomic E-state index is -0.506. The first kappa shape index (κ1) is 22.0. The zero-order chi connectivity index (χ0) is 20.7. The monoisotopic (exact) mass is 400 g/mol. The number of likely N-dealkylation sites (N-methyl/N-ethyl adjacent to an activating group) is 1. The summed E-state index contributed by atoms with van der Waals surface area (Å²) in [5.41, 5.74) is 4.17. The van der Waals surface area contributed by atoms with E-state index >= 15 is 0 Å². The molecule has 2 aromatic rings. The Morgan fingerprint density at radius 3 is 2.14 bits per heavy atom. The van der Waals surface area contributed by atoms with Gasteiger partial charge in [-0.2, -0.15) is 0 Å². The molecule has 0 fully saturated rings. The van der Waals surface area contributed by atoms with Gasteiger partial charge < -0.3 is 10.2 Å². The van der Waals surface area contributed by atoms with Gasteiger partial charge in [0.15, 0.2) is 0 Å². The molecule has 0 bridgehead atoms. The van der Waals surface area contributed by atoms with Crippen LogP contribution in [0.1, 0.15) is 42.5 Å². The Labute approximate surface area is 172 Å². The standard InChI is InChI=1S/C23H29ClN2O2/c1-5-21(23(28)25-6-2)26(15-18-7-9-20(24)10-8-18)22(27)14-19-12-16(3)11-17(4)13-19/h7-13,21H,5-6,14-15H2,1-4H3,(H,25,28)/t21-/m1/s1. The molecule has 4 nitrogen and oxygen atoms in total. The predicted octanol–water partition coefficient (Wildman–Crippen LogP) is 4.44. The van der Waals surface area contributed by atoms with E-state index in [2.05, 4.69) is 11.4 Å². The van der Waals surface area contributed by atoms with E-state index in [1.807, 2.05) is 52.0 Å². The highest BCUT2D eigenvalue weighted by molar-refractivity contribution is 6.30. The first-order valence-electron chi connectivity index (χ1n) is 9.72. The van der Waals surface area contributed by atoms with Gasteiger partial charge in [-0.25, -0.2) is 0 Å². The van der Waals surface area contributed by atoms with Crippen molar-refractivity contribution >= 4 is 23.4 Å². The van der Waals surface area contributed by atoms with Crippen molar-refractivity contribution in [2.24, 2.45) is 0 Å². The van der Waals surface area contributed by atoms with Crippen LogP contribution in [0.4, 0.5) is 0 Å². The molecule has 0 heterocycles. The smallest absolute Gasteiger partial charge is 0.242 e. The largest absolute Gasteiger partial charge is 0.355 e. The lowest BCUT2D eigenvalue weighted by molar-refractivity contribution is -0.140. The molecular formula is C23H29ClN2O2. The van der Waals surface area contributed by atoms with Crippen LogP contribution in [0, 0.1) is 13.8 Å². The maximum atomic E-state index is 13.2. The second-order valence-corrected chi connectivity index (χ2v) is 7.58. The number of halogens is 1. The van der Waals surface area contributed by atoms with Crippen LogP contribution in [-0.2, 0) is 22.6 Å². The summed E-state index contributed by atoms with van der Waals surface area (Å²) in [7, 11) is 0. The summed E-state index contributed by atoms with van der Waals surface area (Å²) in [6.07, 6.45) is 0.823. The summed E-state index contributed by atoms with van der Waals surface area (Å²) in [6.45, 7) is 8.77. The van der Waals surface area contributed by atoms with E-state index in [9.17, 15) is 9.59 Å². The predicted molar refractivity (Wildman–Crippen MR) is 114 cm³/mol. The maximum Gasteiger partial charge on any atom is 0.242 e. The van der Waals surface area contributed by atoms with Gasteiger partial charge in [0, 0.05) is 18.1 Å². The molecule has 0 aliphatic carbocycles. The van der Waals surface area contributed by atoms with Crippen molar-refractivity contribution in [1.82, 2.24) is 10.2 Å². The molecule has 0 spiro atoms. The van der Waals surface area contributed by atoms with Crippen LogP contribution in [0.2, 0.25) is 5.02 Å². The average molecular weight is 401 g/mol. The fourth-order valence-corrected chi connectivity index (χ4v) is 3.57. The summed E-state index contributed by atoms with van der Waals surface area (Å²) in [4.78, 5) is 27.5. The number of hydrogen-bond donors (Lipinski definition) is 1. The molecule has 28 heavy (non-hydrogen) atoms. The third kappa shape index (κ3) is 6.10. The molecule has 0 saturated carbocycles. The highest BCUT2D eigenvalue weighted by Crippen LogP contribution is 2.17. The van der Waals surface area contributed by atoms with Crippen molar-refractivity contribution < 1.29 is 9.59 Å². The lowest BCUT2D eigenvalue weighted by Gasteiger charge is -2.30. The van der Waals surface area contributed by atoms with Gasteiger partial charge in [-0.15, -0.1) is 0 Å². The molecule has 0 aliphatic heterocycles. The summed E-state index contributed by atoms with van der Waals surface area (Å²) in [6, 6.07) is 13.0. The van der Waals surface area contributed by atoms with Crippen molar-refractivity contribution in [3.05, 3.63) is 69.7 Å². The van der Waals surface area contributed by atoms with Crippen molar-refractivity contribution in [2.75, 3.05) is 6.54 Å². The molecular weight excluding hydrogens is 372 g/mol.